The SMILES string of the molecule is CC(C)C1(O)CN(C(=O)c2coc3ccccc23)C1. The van der Waals surface area contributed by atoms with Crippen LogP contribution in [-0.2, 0) is 0 Å². The minimum Gasteiger partial charge on any atom is -0.463 e. The van der Waals surface area contributed by atoms with Crippen LogP contribution in [0.15, 0.2) is 34.9 Å². The summed E-state index contributed by atoms with van der Waals surface area (Å²) < 4.78 is 5.38. The van der Waals surface area contributed by atoms with E-state index in [9.17, 15) is 9.90 Å². The van der Waals surface area contributed by atoms with Gasteiger partial charge in [0.05, 0.1) is 18.7 Å². The number of para-hydroxylation sites is 1. The normalized spacial score (nSPS) is 17.8. The van der Waals surface area contributed by atoms with Gasteiger partial charge < -0.3 is 14.4 Å². The van der Waals surface area contributed by atoms with Crippen molar-refractivity contribution in [2.24, 2.45) is 5.92 Å². The van der Waals surface area contributed by atoms with Gasteiger partial charge in [0.25, 0.3) is 5.91 Å². The first-order chi connectivity index (χ1) is 9.01. The quantitative estimate of drug-likeness (QED) is 0.900. The second-order valence-electron chi connectivity index (χ2n) is 5.57. The van der Waals surface area contributed by atoms with Gasteiger partial charge in [-0.15, -0.1) is 0 Å². The van der Waals surface area contributed by atoms with Gasteiger partial charge in [-0.05, 0) is 12.0 Å². The predicted octanol–water partition coefficient (Wildman–Crippen LogP) is 2.28. The molecule has 0 saturated carbocycles. The molecule has 2 aromatic rings. The lowest BCUT2D eigenvalue weighted by Gasteiger charge is -2.48. The number of fused-ring (bicyclic) bond motifs is 1. The van der Waals surface area contributed by atoms with Gasteiger partial charge in [0.15, 0.2) is 0 Å². The summed E-state index contributed by atoms with van der Waals surface area (Å²) in [5.41, 5.74) is 0.543. The number of likely N-dealkylation sites (tertiary alicyclic amines) is 1. The largest absolute Gasteiger partial charge is 0.463 e. The Hall–Kier alpha value is -1.81. The number of hydrogen-bond donors (Lipinski definition) is 1. The summed E-state index contributed by atoms with van der Waals surface area (Å²) >= 11 is 0. The highest BCUT2D eigenvalue weighted by atomic mass is 16.3. The molecule has 0 atom stereocenters. The molecule has 0 radical (unpaired) electrons. The minimum absolute atomic E-state index is 0.0738. The van der Waals surface area contributed by atoms with Crippen LogP contribution in [-0.4, -0.2) is 34.6 Å². The maximum Gasteiger partial charge on any atom is 0.257 e. The zero-order valence-electron chi connectivity index (χ0n) is 11.1. The highest BCUT2D eigenvalue weighted by Gasteiger charge is 2.46. The van der Waals surface area contributed by atoms with Crippen LogP contribution in [0.1, 0.15) is 24.2 Å². The molecule has 0 unspecified atom stereocenters. The van der Waals surface area contributed by atoms with Crippen LogP contribution in [0.4, 0.5) is 0 Å². The lowest BCUT2D eigenvalue weighted by Crippen LogP contribution is -2.65. The summed E-state index contributed by atoms with van der Waals surface area (Å²) in [7, 11) is 0. The van der Waals surface area contributed by atoms with E-state index in [-0.39, 0.29) is 11.8 Å². The average Bonchev–Trinajstić information content (AvgIpc) is 2.77. The monoisotopic (exact) mass is 259 g/mol. The van der Waals surface area contributed by atoms with Crippen molar-refractivity contribution in [2.75, 3.05) is 13.1 Å². The molecule has 0 spiro atoms. The Morgan fingerprint density at radius 2 is 2.05 bits per heavy atom. The average molecular weight is 259 g/mol. The van der Waals surface area contributed by atoms with E-state index in [0.717, 1.165) is 5.39 Å². The molecular formula is C15H17NO3. The molecular weight excluding hydrogens is 242 g/mol. The van der Waals surface area contributed by atoms with Crippen LogP contribution in [0.5, 0.6) is 0 Å². The van der Waals surface area contributed by atoms with E-state index >= 15 is 0 Å². The Bertz CT molecular complexity index is 623. The van der Waals surface area contributed by atoms with Crippen LogP contribution >= 0.6 is 0 Å². The van der Waals surface area contributed by atoms with Crippen molar-refractivity contribution >= 4 is 16.9 Å². The Morgan fingerprint density at radius 1 is 1.37 bits per heavy atom. The molecule has 4 nitrogen and oxygen atoms in total. The summed E-state index contributed by atoms with van der Waals surface area (Å²) in [6, 6.07) is 7.48. The highest BCUT2D eigenvalue weighted by molar-refractivity contribution is 6.06. The predicted molar refractivity (Wildman–Crippen MR) is 71.9 cm³/mol. The van der Waals surface area contributed by atoms with Crippen LogP contribution in [0, 0.1) is 5.92 Å². The summed E-state index contributed by atoms with van der Waals surface area (Å²) in [6.07, 6.45) is 1.50. The van der Waals surface area contributed by atoms with E-state index in [4.69, 9.17) is 4.42 Å². The van der Waals surface area contributed by atoms with Crippen LogP contribution in [0.2, 0.25) is 0 Å². The molecule has 1 amide bonds. The number of hydrogen-bond acceptors (Lipinski definition) is 3. The molecule has 1 N–H and O–H groups in total. The Kier molecular flexibility index (Phi) is 2.64. The van der Waals surface area contributed by atoms with E-state index in [2.05, 4.69) is 0 Å². The standard InChI is InChI=1S/C15H17NO3/c1-10(2)15(18)8-16(9-15)14(17)12-7-19-13-6-4-3-5-11(12)13/h3-7,10,18H,8-9H2,1-2H3. The van der Waals surface area contributed by atoms with E-state index in [1.165, 1.54) is 6.26 Å². The molecule has 1 fully saturated rings. The zero-order chi connectivity index (χ0) is 13.6. The zero-order valence-corrected chi connectivity index (χ0v) is 11.1. The molecule has 1 aliphatic rings. The molecule has 19 heavy (non-hydrogen) atoms. The van der Waals surface area contributed by atoms with Gasteiger partial charge in [-0.3, -0.25) is 4.79 Å². The molecule has 4 heteroatoms. The fourth-order valence-electron chi connectivity index (χ4n) is 2.44. The Balaban J connectivity index is 1.83. The molecule has 1 aliphatic heterocycles. The molecule has 3 rings (SSSR count). The lowest BCUT2D eigenvalue weighted by atomic mass is 9.82. The van der Waals surface area contributed by atoms with Crippen LogP contribution < -0.4 is 0 Å². The Morgan fingerprint density at radius 3 is 2.74 bits per heavy atom. The van der Waals surface area contributed by atoms with Crippen molar-refractivity contribution in [2.45, 2.75) is 19.4 Å². The highest BCUT2D eigenvalue weighted by Crippen LogP contribution is 2.31. The third kappa shape index (κ3) is 1.83. The van der Waals surface area contributed by atoms with E-state index < -0.39 is 5.60 Å². The first-order valence-electron chi connectivity index (χ1n) is 6.49. The Labute approximate surface area is 111 Å². The lowest BCUT2D eigenvalue weighted by molar-refractivity contribution is -0.110. The molecule has 1 aromatic heterocycles. The van der Waals surface area contributed by atoms with Gasteiger partial charge in [0, 0.05) is 5.39 Å². The molecule has 2 heterocycles. The third-order valence-electron chi connectivity index (χ3n) is 4.00. The number of nitrogens with zero attached hydrogens (tertiary/aromatic N) is 1. The van der Waals surface area contributed by atoms with Crippen molar-refractivity contribution in [1.29, 1.82) is 0 Å². The summed E-state index contributed by atoms with van der Waals surface area (Å²) in [5.74, 6) is 0.0768. The summed E-state index contributed by atoms with van der Waals surface area (Å²) in [4.78, 5) is 14.0. The van der Waals surface area contributed by atoms with Gasteiger partial charge in [-0.1, -0.05) is 32.0 Å². The number of aliphatic hydroxyl groups is 1. The van der Waals surface area contributed by atoms with Gasteiger partial charge in [-0.2, -0.15) is 0 Å². The van der Waals surface area contributed by atoms with Gasteiger partial charge in [0.1, 0.15) is 17.4 Å². The topological polar surface area (TPSA) is 53.7 Å². The summed E-state index contributed by atoms with van der Waals surface area (Å²) in [6.45, 7) is 4.72. The fourth-order valence-corrected chi connectivity index (χ4v) is 2.44. The minimum atomic E-state index is -0.741. The molecule has 1 saturated heterocycles. The van der Waals surface area contributed by atoms with Crippen molar-refractivity contribution in [3.05, 3.63) is 36.1 Å². The van der Waals surface area contributed by atoms with E-state index in [1.54, 1.807) is 4.90 Å². The summed E-state index contributed by atoms with van der Waals surface area (Å²) in [5, 5.41) is 11.0. The molecule has 100 valence electrons. The van der Waals surface area contributed by atoms with Crippen LogP contribution in [0.3, 0.4) is 0 Å². The molecule has 0 aliphatic carbocycles. The number of amides is 1. The number of carbonyl (C=O) groups excluding carboxylic acids is 1. The maximum absolute atomic E-state index is 12.4. The number of benzene rings is 1. The number of carbonyl (C=O) groups is 1. The second kappa shape index (κ2) is 4.10. The first-order valence-corrected chi connectivity index (χ1v) is 6.49. The number of β-amino-alcohol motifs (C(OH)–C–C–N with tert-alkyl or cyclic N) is 1. The second-order valence-corrected chi connectivity index (χ2v) is 5.57. The van der Waals surface area contributed by atoms with Crippen molar-refractivity contribution in [1.82, 2.24) is 4.90 Å². The van der Waals surface area contributed by atoms with Crippen molar-refractivity contribution in [3.63, 3.8) is 0 Å². The van der Waals surface area contributed by atoms with Gasteiger partial charge >= 0.3 is 0 Å². The van der Waals surface area contributed by atoms with Crippen molar-refractivity contribution < 1.29 is 14.3 Å². The van der Waals surface area contributed by atoms with E-state index in [0.29, 0.717) is 24.2 Å². The van der Waals surface area contributed by atoms with Crippen molar-refractivity contribution in [3.8, 4) is 0 Å². The smallest absolute Gasteiger partial charge is 0.257 e. The fraction of sp³-hybridized carbons (Fsp3) is 0.400. The maximum atomic E-state index is 12.4. The van der Waals surface area contributed by atoms with Gasteiger partial charge in [0.2, 0.25) is 0 Å². The first kappa shape index (κ1) is 12.2. The molecule has 1 aromatic carbocycles. The molecule has 0 bridgehead atoms. The van der Waals surface area contributed by atoms with E-state index in [1.807, 2.05) is 38.1 Å². The van der Waals surface area contributed by atoms with Gasteiger partial charge in [-0.25, -0.2) is 0 Å². The third-order valence-corrected chi connectivity index (χ3v) is 4.00. The van der Waals surface area contributed by atoms with Crippen LogP contribution in [0.25, 0.3) is 11.0 Å². The number of rotatable bonds is 2. The number of furan rings is 1.